The molecule has 1 unspecified atom stereocenters. The summed E-state index contributed by atoms with van der Waals surface area (Å²) in [5, 5.41) is 2.81. The molecule has 1 saturated carbocycles. The Morgan fingerprint density at radius 1 is 1.18 bits per heavy atom. The van der Waals surface area contributed by atoms with E-state index in [1.54, 1.807) is 0 Å². The lowest BCUT2D eigenvalue weighted by atomic mass is 10.2. The minimum absolute atomic E-state index is 0.0689. The summed E-state index contributed by atoms with van der Waals surface area (Å²) in [6.45, 7) is 1.24. The van der Waals surface area contributed by atoms with Gasteiger partial charge in [-0.15, -0.1) is 0 Å². The Labute approximate surface area is 130 Å². The molecular weight excluding hydrogens is 304 g/mol. The zero-order valence-corrected chi connectivity index (χ0v) is 13.1. The number of carbonyl (C=O) groups excluding carboxylic acids is 1. The van der Waals surface area contributed by atoms with E-state index in [0.717, 1.165) is 32.3 Å². The maximum absolute atomic E-state index is 12.0. The fourth-order valence-corrected chi connectivity index (χ4v) is 3.69. The molecule has 1 aromatic carbocycles. The van der Waals surface area contributed by atoms with Gasteiger partial charge in [0.1, 0.15) is 0 Å². The van der Waals surface area contributed by atoms with Crippen LogP contribution in [-0.2, 0) is 14.8 Å². The van der Waals surface area contributed by atoms with Crippen LogP contribution in [0.3, 0.4) is 0 Å². The third-order valence-electron chi connectivity index (χ3n) is 3.84. The molecule has 1 aliphatic heterocycles. The predicted octanol–water partition coefficient (Wildman–Crippen LogP) is 1.04. The van der Waals surface area contributed by atoms with Crippen molar-refractivity contribution in [3.05, 3.63) is 29.8 Å². The van der Waals surface area contributed by atoms with Crippen molar-refractivity contribution in [1.29, 1.82) is 0 Å². The van der Waals surface area contributed by atoms with Crippen molar-refractivity contribution >= 4 is 15.9 Å². The summed E-state index contributed by atoms with van der Waals surface area (Å²) < 4.78 is 32.1. The third-order valence-corrected chi connectivity index (χ3v) is 5.38. The normalized spacial score (nSPS) is 21.7. The van der Waals surface area contributed by atoms with Crippen molar-refractivity contribution in [2.24, 2.45) is 0 Å². The van der Waals surface area contributed by atoms with Gasteiger partial charge in [0, 0.05) is 24.8 Å². The number of rotatable bonds is 6. The molecule has 0 spiro atoms. The quantitative estimate of drug-likeness (QED) is 0.819. The Hall–Kier alpha value is -1.44. The van der Waals surface area contributed by atoms with Crippen LogP contribution >= 0.6 is 0 Å². The molecule has 22 heavy (non-hydrogen) atoms. The molecule has 1 amide bonds. The molecule has 0 aromatic heterocycles. The first-order valence-corrected chi connectivity index (χ1v) is 9.05. The van der Waals surface area contributed by atoms with E-state index < -0.39 is 10.0 Å². The van der Waals surface area contributed by atoms with Gasteiger partial charge in [-0.2, -0.15) is 0 Å². The first-order chi connectivity index (χ1) is 10.5. The number of nitrogens with one attached hydrogen (secondary N) is 2. The number of carbonyl (C=O) groups is 1. The molecule has 3 rings (SSSR count). The first-order valence-electron chi connectivity index (χ1n) is 7.57. The van der Waals surface area contributed by atoms with E-state index >= 15 is 0 Å². The van der Waals surface area contributed by atoms with Gasteiger partial charge in [-0.05, 0) is 49.9 Å². The first kappa shape index (κ1) is 15.5. The standard InChI is InChI=1S/C15H20N2O4S/c18-15(16-10-13-2-1-9-21-13)11-3-7-14(8-4-11)22(19,20)17-12-5-6-12/h3-4,7-8,12-13,17H,1-2,5-6,9-10H2,(H,16,18). The molecule has 1 atom stereocenters. The van der Waals surface area contributed by atoms with Crippen LogP contribution in [-0.4, -0.2) is 39.6 Å². The maximum Gasteiger partial charge on any atom is 0.251 e. The zero-order valence-electron chi connectivity index (χ0n) is 12.2. The van der Waals surface area contributed by atoms with Crippen LogP contribution in [0.5, 0.6) is 0 Å². The molecule has 6 nitrogen and oxygen atoms in total. The van der Waals surface area contributed by atoms with Gasteiger partial charge in [-0.25, -0.2) is 13.1 Å². The number of amides is 1. The minimum Gasteiger partial charge on any atom is -0.376 e. The van der Waals surface area contributed by atoms with E-state index in [4.69, 9.17) is 4.74 Å². The maximum atomic E-state index is 12.0. The van der Waals surface area contributed by atoms with Gasteiger partial charge in [0.25, 0.3) is 5.91 Å². The van der Waals surface area contributed by atoms with E-state index in [0.29, 0.717) is 12.1 Å². The largest absolute Gasteiger partial charge is 0.376 e. The molecule has 0 radical (unpaired) electrons. The van der Waals surface area contributed by atoms with Crippen LogP contribution < -0.4 is 10.0 Å². The second kappa shape index (κ2) is 6.36. The average molecular weight is 324 g/mol. The molecule has 120 valence electrons. The highest BCUT2D eigenvalue weighted by Gasteiger charge is 2.28. The fraction of sp³-hybridized carbons (Fsp3) is 0.533. The van der Waals surface area contributed by atoms with E-state index in [-0.39, 0.29) is 22.9 Å². The van der Waals surface area contributed by atoms with Gasteiger partial charge in [0.15, 0.2) is 0 Å². The monoisotopic (exact) mass is 324 g/mol. The molecule has 7 heteroatoms. The van der Waals surface area contributed by atoms with Gasteiger partial charge in [0.2, 0.25) is 10.0 Å². The van der Waals surface area contributed by atoms with E-state index in [9.17, 15) is 13.2 Å². The smallest absolute Gasteiger partial charge is 0.251 e. The Morgan fingerprint density at radius 3 is 2.50 bits per heavy atom. The van der Waals surface area contributed by atoms with Gasteiger partial charge in [-0.3, -0.25) is 4.79 Å². The average Bonchev–Trinajstić information content (AvgIpc) is 3.15. The number of benzene rings is 1. The van der Waals surface area contributed by atoms with Crippen molar-refractivity contribution in [3.63, 3.8) is 0 Å². The summed E-state index contributed by atoms with van der Waals surface area (Å²) >= 11 is 0. The third kappa shape index (κ3) is 3.85. The molecule has 1 aliphatic carbocycles. The predicted molar refractivity (Wildman–Crippen MR) is 81.1 cm³/mol. The van der Waals surface area contributed by atoms with Crippen molar-refractivity contribution in [2.45, 2.75) is 42.7 Å². The summed E-state index contributed by atoms with van der Waals surface area (Å²) in [7, 11) is -3.47. The molecule has 2 N–H and O–H groups in total. The van der Waals surface area contributed by atoms with Gasteiger partial charge < -0.3 is 10.1 Å². The zero-order chi connectivity index (χ0) is 15.6. The lowest BCUT2D eigenvalue weighted by molar-refractivity contribution is 0.0857. The molecule has 0 bridgehead atoms. The second-order valence-corrected chi connectivity index (χ2v) is 7.48. The molecular formula is C15H20N2O4S. The number of hydrogen-bond donors (Lipinski definition) is 2. The van der Waals surface area contributed by atoms with Crippen LogP contribution in [0.1, 0.15) is 36.0 Å². The van der Waals surface area contributed by atoms with Crippen molar-refractivity contribution < 1.29 is 17.9 Å². The highest BCUT2D eigenvalue weighted by molar-refractivity contribution is 7.89. The Morgan fingerprint density at radius 2 is 1.91 bits per heavy atom. The minimum atomic E-state index is -3.47. The summed E-state index contributed by atoms with van der Waals surface area (Å²) in [5.41, 5.74) is 0.448. The summed E-state index contributed by atoms with van der Waals surface area (Å²) in [6, 6.07) is 6.06. The summed E-state index contributed by atoms with van der Waals surface area (Å²) in [6.07, 6.45) is 3.86. The topological polar surface area (TPSA) is 84.5 Å². The van der Waals surface area contributed by atoms with Gasteiger partial charge in [-0.1, -0.05) is 0 Å². The van der Waals surface area contributed by atoms with Crippen molar-refractivity contribution in [1.82, 2.24) is 10.0 Å². The molecule has 2 aliphatic rings. The van der Waals surface area contributed by atoms with E-state index in [1.807, 2.05) is 0 Å². The van der Waals surface area contributed by atoms with Crippen molar-refractivity contribution in [3.8, 4) is 0 Å². The van der Waals surface area contributed by atoms with Crippen molar-refractivity contribution in [2.75, 3.05) is 13.2 Å². The van der Waals surface area contributed by atoms with Crippen LogP contribution in [0.2, 0.25) is 0 Å². The molecule has 1 aromatic rings. The van der Waals surface area contributed by atoms with Gasteiger partial charge >= 0.3 is 0 Å². The Kier molecular flexibility index (Phi) is 4.46. The summed E-state index contributed by atoms with van der Waals surface area (Å²) in [5.74, 6) is -0.213. The molecule has 2 fully saturated rings. The van der Waals surface area contributed by atoms with E-state index in [1.165, 1.54) is 24.3 Å². The number of sulfonamides is 1. The lowest BCUT2D eigenvalue weighted by Gasteiger charge is -2.11. The lowest BCUT2D eigenvalue weighted by Crippen LogP contribution is -2.31. The fourth-order valence-electron chi connectivity index (χ4n) is 2.39. The SMILES string of the molecule is O=C(NCC1CCCO1)c1ccc(S(=O)(=O)NC2CC2)cc1. The Bertz CT molecular complexity index is 632. The van der Waals surface area contributed by atoms with Crippen LogP contribution in [0.4, 0.5) is 0 Å². The summed E-state index contributed by atoms with van der Waals surface area (Å²) in [4.78, 5) is 12.2. The molecule has 1 heterocycles. The van der Waals surface area contributed by atoms with E-state index in [2.05, 4.69) is 10.0 Å². The number of ether oxygens (including phenoxy) is 1. The number of hydrogen-bond acceptors (Lipinski definition) is 4. The Balaban J connectivity index is 1.59. The van der Waals surface area contributed by atoms with Gasteiger partial charge in [0.05, 0.1) is 11.0 Å². The van der Waals surface area contributed by atoms with Crippen LogP contribution in [0, 0.1) is 0 Å². The van der Waals surface area contributed by atoms with Crippen LogP contribution in [0.25, 0.3) is 0 Å². The molecule has 1 saturated heterocycles. The highest BCUT2D eigenvalue weighted by Crippen LogP contribution is 2.22. The van der Waals surface area contributed by atoms with Crippen LogP contribution in [0.15, 0.2) is 29.2 Å². The highest BCUT2D eigenvalue weighted by atomic mass is 32.2. The second-order valence-electron chi connectivity index (χ2n) is 5.76.